The fourth-order valence-corrected chi connectivity index (χ4v) is 4.00. The van der Waals surface area contributed by atoms with E-state index in [2.05, 4.69) is 23.7 Å². The van der Waals surface area contributed by atoms with Gasteiger partial charge in [-0.1, -0.05) is 24.0 Å². The summed E-state index contributed by atoms with van der Waals surface area (Å²) in [6, 6.07) is 11.7. The Balaban J connectivity index is 1.84. The third-order valence-corrected chi connectivity index (χ3v) is 5.34. The number of thiocarbonyl (C=S) groups is 1. The van der Waals surface area contributed by atoms with Crippen molar-refractivity contribution in [2.45, 2.75) is 13.8 Å². The summed E-state index contributed by atoms with van der Waals surface area (Å²) in [5.41, 5.74) is 2.88. The molecule has 6 heteroatoms. The van der Waals surface area contributed by atoms with E-state index < -0.39 is 0 Å². The summed E-state index contributed by atoms with van der Waals surface area (Å²) in [5.74, 6) is -0.0811. The first kappa shape index (κ1) is 17.6. The van der Waals surface area contributed by atoms with Crippen molar-refractivity contribution in [1.82, 2.24) is 4.98 Å². The Morgan fingerprint density at radius 2 is 1.76 bits per heavy atom. The molecular weight excluding hydrogens is 350 g/mol. The summed E-state index contributed by atoms with van der Waals surface area (Å²) >= 11 is 6.76. The van der Waals surface area contributed by atoms with Gasteiger partial charge < -0.3 is 4.90 Å². The third kappa shape index (κ3) is 3.75. The van der Waals surface area contributed by atoms with E-state index in [0.29, 0.717) is 9.23 Å². The van der Waals surface area contributed by atoms with Crippen molar-refractivity contribution >= 4 is 51.7 Å². The molecule has 4 nitrogen and oxygen atoms in total. The summed E-state index contributed by atoms with van der Waals surface area (Å²) in [5, 5.41) is 0. The number of carbonyl (C=O) groups excluding carboxylic acids is 1. The van der Waals surface area contributed by atoms with Crippen molar-refractivity contribution in [2.24, 2.45) is 0 Å². The number of anilines is 2. The van der Waals surface area contributed by atoms with Crippen LogP contribution >= 0.6 is 24.0 Å². The van der Waals surface area contributed by atoms with Gasteiger partial charge in [-0.25, -0.2) is 0 Å². The molecule has 0 aliphatic carbocycles. The highest BCUT2D eigenvalue weighted by Gasteiger charge is 2.33. The molecule has 0 N–H and O–H groups in total. The molecule has 1 aliphatic rings. The quantitative estimate of drug-likeness (QED) is 0.579. The van der Waals surface area contributed by atoms with Crippen molar-refractivity contribution in [3.05, 3.63) is 59.3 Å². The normalized spacial score (nSPS) is 15.9. The molecular formula is C19H19N3OS2. The van der Waals surface area contributed by atoms with Gasteiger partial charge in [-0.2, -0.15) is 0 Å². The van der Waals surface area contributed by atoms with E-state index in [-0.39, 0.29) is 5.91 Å². The van der Waals surface area contributed by atoms with Crippen molar-refractivity contribution < 1.29 is 4.79 Å². The summed E-state index contributed by atoms with van der Waals surface area (Å²) in [6.07, 6.45) is 5.27. The second kappa shape index (κ2) is 7.80. The van der Waals surface area contributed by atoms with Crippen molar-refractivity contribution in [2.75, 3.05) is 22.9 Å². The lowest BCUT2D eigenvalue weighted by molar-refractivity contribution is -0.113. The SMILES string of the molecule is CCN(CC)c1ccc(N2C(=O)/C(=C/c3ccncc3)SC2=S)cc1. The average Bonchev–Trinajstić information content (AvgIpc) is 2.91. The maximum atomic E-state index is 12.8. The summed E-state index contributed by atoms with van der Waals surface area (Å²) in [6.45, 7) is 6.16. The standard InChI is InChI=1S/C19H19N3OS2/c1-3-21(4-2)15-5-7-16(8-6-15)22-18(23)17(25-19(22)24)13-14-9-11-20-12-10-14/h5-13H,3-4H2,1-2H3/b17-13-. The molecule has 3 rings (SSSR count). The summed E-state index contributed by atoms with van der Waals surface area (Å²) in [4.78, 5) is 21.3. The van der Waals surface area contributed by atoms with E-state index in [1.54, 1.807) is 17.3 Å². The Kier molecular flexibility index (Phi) is 5.50. The molecule has 2 heterocycles. The maximum Gasteiger partial charge on any atom is 0.270 e. The molecule has 0 radical (unpaired) electrons. The molecule has 1 aromatic carbocycles. The lowest BCUT2D eigenvalue weighted by Gasteiger charge is -2.22. The number of aromatic nitrogens is 1. The highest BCUT2D eigenvalue weighted by molar-refractivity contribution is 8.27. The predicted octanol–water partition coefficient (Wildman–Crippen LogP) is 4.33. The molecule has 0 bridgehead atoms. The number of nitrogens with zero attached hydrogens (tertiary/aromatic N) is 3. The van der Waals surface area contributed by atoms with E-state index >= 15 is 0 Å². The van der Waals surface area contributed by atoms with Crippen molar-refractivity contribution in [3.8, 4) is 0 Å². The molecule has 0 spiro atoms. The van der Waals surface area contributed by atoms with Gasteiger partial charge in [0.25, 0.3) is 5.91 Å². The van der Waals surface area contributed by atoms with Crippen LogP contribution in [-0.4, -0.2) is 28.3 Å². The van der Waals surface area contributed by atoms with E-state index in [1.807, 2.05) is 42.5 Å². The van der Waals surface area contributed by atoms with Gasteiger partial charge in [0, 0.05) is 31.2 Å². The molecule has 1 amide bonds. The second-order valence-corrected chi connectivity index (χ2v) is 7.16. The van der Waals surface area contributed by atoms with Crippen LogP contribution in [-0.2, 0) is 4.79 Å². The Bertz CT molecular complexity index is 799. The van der Waals surface area contributed by atoms with Crippen LogP contribution in [0.15, 0.2) is 53.7 Å². The molecule has 2 aromatic rings. The Morgan fingerprint density at radius 1 is 1.12 bits per heavy atom. The summed E-state index contributed by atoms with van der Waals surface area (Å²) in [7, 11) is 0. The maximum absolute atomic E-state index is 12.8. The smallest absolute Gasteiger partial charge is 0.270 e. The average molecular weight is 370 g/mol. The van der Waals surface area contributed by atoms with Crippen LogP contribution < -0.4 is 9.80 Å². The van der Waals surface area contributed by atoms with Gasteiger partial charge in [0.2, 0.25) is 0 Å². The second-order valence-electron chi connectivity index (χ2n) is 5.49. The van der Waals surface area contributed by atoms with Gasteiger partial charge in [0.05, 0.1) is 10.6 Å². The van der Waals surface area contributed by atoms with E-state index in [9.17, 15) is 4.79 Å². The van der Waals surface area contributed by atoms with Gasteiger partial charge in [-0.15, -0.1) is 0 Å². The van der Waals surface area contributed by atoms with Crippen LogP contribution in [0.25, 0.3) is 6.08 Å². The number of hydrogen-bond donors (Lipinski definition) is 0. The minimum Gasteiger partial charge on any atom is -0.372 e. The molecule has 25 heavy (non-hydrogen) atoms. The first-order chi connectivity index (χ1) is 12.1. The molecule has 0 atom stereocenters. The van der Waals surface area contributed by atoms with E-state index in [4.69, 9.17) is 12.2 Å². The highest BCUT2D eigenvalue weighted by atomic mass is 32.2. The molecule has 1 aliphatic heterocycles. The first-order valence-electron chi connectivity index (χ1n) is 8.17. The Hall–Kier alpha value is -2.18. The molecule has 1 saturated heterocycles. The highest BCUT2D eigenvalue weighted by Crippen LogP contribution is 2.36. The Labute approximate surface area is 157 Å². The van der Waals surface area contributed by atoms with Crippen LogP contribution in [0.5, 0.6) is 0 Å². The van der Waals surface area contributed by atoms with Crippen molar-refractivity contribution in [3.63, 3.8) is 0 Å². The molecule has 1 fully saturated rings. The third-order valence-electron chi connectivity index (χ3n) is 4.03. The van der Waals surface area contributed by atoms with Crippen LogP contribution in [0.2, 0.25) is 0 Å². The van der Waals surface area contributed by atoms with Crippen LogP contribution in [0.3, 0.4) is 0 Å². The number of carbonyl (C=O) groups is 1. The predicted molar refractivity (Wildman–Crippen MR) is 110 cm³/mol. The van der Waals surface area contributed by atoms with Gasteiger partial charge in [-0.05, 0) is 61.9 Å². The van der Waals surface area contributed by atoms with Crippen LogP contribution in [0.4, 0.5) is 11.4 Å². The van der Waals surface area contributed by atoms with Gasteiger partial charge in [-0.3, -0.25) is 14.7 Å². The lowest BCUT2D eigenvalue weighted by Crippen LogP contribution is -2.27. The number of rotatable bonds is 5. The molecule has 128 valence electrons. The molecule has 1 aromatic heterocycles. The molecule has 0 saturated carbocycles. The monoisotopic (exact) mass is 369 g/mol. The van der Waals surface area contributed by atoms with E-state index in [1.165, 1.54) is 11.8 Å². The minimum absolute atomic E-state index is 0.0811. The number of thioether (sulfide) groups is 1. The Morgan fingerprint density at radius 3 is 2.36 bits per heavy atom. The van der Waals surface area contributed by atoms with Gasteiger partial charge in [0.15, 0.2) is 4.32 Å². The van der Waals surface area contributed by atoms with Crippen LogP contribution in [0, 0.1) is 0 Å². The number of amides is 1. The molecule has 0 unspecified atom stereocenters. The number of hydrogen-bond acceptors (Lipinski definition) is 5. The van der Waals surface area contributed by atoms with E-state index in [0.717, 1.165) is 30.0 Å². The van der Waals surface area contributed by atoms with Gasteiger partial charge in [0.1, 0.15) is 0 Å². The zero-order chi connectivity index (χ0) is 17.8. The van der Waals surface area contributed by atoms with Gasteiger partial charge >= 0.3 is 0 Å². The van der Waals surface area contributed by atoms with Crippen molar-refractivity contribution in [1.29, 1.82) is 0 Å². The largest absolute Gasteiger partial charge is 0.372 e. The topological polar surface area (TPSA) is 36.4 Å². The summed E-state index contributed by atoms with van der Waals surface area (Å²) < 4.78 is 0.556. The fraction of sp³-hybridized carbons (Fsp3) is 0.211. The zero-order valence-corrected chi connectivity index (χ0v) is 15.8. The number of pyridine rings is 1. The lowest BCUT2D eigenvalue weighted by atomic mass is 10.2. The number of benzene rings is 1. The fourth-order valence-electron chi connectivity index (χ4n) is 2.70. The minimum atomic E-state index is -0.0811. The first-order valence-corrected chi connectivity index (χ1v) is 9.39. The zero-order valence-electron chi connectivity index (χ0n) is 14.2. The van der Waals surface area contributed by atoms with Crippen LogP contribution in [0.1, 0.15) is 19.4 Å².